The Balaban J connectivity index is 2.04. The van der Waals surface area contributed by atoms with Crippen molar-refractivity contribution in [2.75, 3.05) is 13.1 Å². The highest BCUT2D eigenvalue weighted by atomic mass is 16.3. The Bertz CT molecular complexity index is 885. The first kappa shape index (κ1) is 24.2. The molecule has 0 aromatic heterocycles. The smallest absolute Gasteiger partial charge is 0.317 e. The Hall–Kier alpha value is -2.43. The van der Waals surface area contributed by atoms with Crippen molar-refractivity contribution in [2.24, 2.45) is 5.92 Å². The van der Waals surface area contributed by atoms with E-state index in [9.17, 15) is 15.0 Å². The molecule has 0 bridgehead atoms. The highest BCUT2D eigenvalue weighted by molar-refractivity contribution is 5.76. The van der Waals surface area contributed by atoms with E-state index in [-0.39, 0.29) is 35.4 Å². The summed E-state index contributed by atoms with van der Waals surface area (Å²) in [6.07, 6.45) is 9.08. The van der Waals surface area contributed by atoms with Crippen molar-refractivity contribution >= 4 is 6.03 Å². The first-order valence-corrected chi connectivity index (χ1v) is 12.2. The van der Waals surface area contributed by atoms with Gasteiger partial charge in [0.15, 0.2) is 0 Å². The minimum atomic E-state index is -0.351. The number of phenols is 2. The van der Waals surface area contributed by atoms with Crippen LogP contribution in [0.2, 0.25) is 0 Å². The summed E-state index contributed by atoms with van der Waals surface area (Å²) in [4.78, 5) is 14.4. The molecule has 1 aliphatic heterocycles. The van der Waals surface area contributed by atoms with Gasteiger partial charge in [0.2, 0.25) is 0 Å². The third-order valence-electron chi connectivity index (χ3n) is 7.12. The molecular weight excluding hydrogens is 400 g/mol. The number of hydrogen-bond acceptors (Lipinski definition) is 3. The van der Waals surface area contributed by atoms with Gasteiger partial charge in [-0.15, -0.1) is 0 Å². The zero-order valence-electron chi connectivity index (χ0n) is 20.2. The molecule has 3 rings (SSSR count). The molecule has 1 aromatic carbocycles. The van der Waals surface area contributed by atoms with E-state index >= 15 is 0 Å². The average molecular weight is 441 g/mol. The van der Waals surface area contributed by atoms with E-state index < -0.39 is 0 Å². The molecule has 176 valence electrons. The third-order valence-corrected chi connectivity index (χ3v) is 7.12. The van der Waals surface area contributed by atoms with Crippen LogP contribution < -0.4 is 5.32 Å². The molecular formula is C27H40N2O3. The number of likely N-dealkylation sites (tertiary alicyclic amines) is 1. The summed E-state index contributed by atoms with van der Waals surface area (Å²) in [6.45, 7) is 14.0. The van der Waals surface area contributed by atoms with E-state index in [4.69, 9.17) is 0 Å². The SMILES string of the molecule is C=C(C)C1CCC(C)=CC1c1c(O)cc(CCCCC)c(C(C)NC(=O)N2CCC2)c1O. The zero-order chi connectivity index (χ0) is 23.4. The Morgan fingerprint density at radius 1 is 1.31 bits per heavy atom. The number of aromatic hydroxyl groups is 2. The maximum Gasteiger partial charge on any atom is 0.317 e. The Kier molecular flexibility index (Phi) is 7.91. The quantitative estimate of drug-likeness (QED) is 0.327. The number of carbonyl (C=O) groups excluding carboxylic acids is 1. The highest BCUT2D eigenvalue weighted by Gasteiger charge is 2.33. The van der Waals surface area contributed by atoms with Gasteiger partial charge < -0.3 is 20.4 Å². The summed E-state index contributed by atoms with van der Waals surface area (Å²) < 4.78 is 0. The van der Waals surface area contributed by atoms with Crippen LogP contribution >= 0.6 is 0 Å². The van der Waals surface area contributed by atoms with Crippen molar-refractivity contribution in [3.8, 4) is 11.5 Å². The summed E-state index contributed by atoms with van der Waals surface area (Å²) in [5.41, 5.74) is 4.54. The predicted molar refractivity (Wildman–Crippen MR) is 130 cm³/mol. The van der Waals surface area contributed by atoms with Gasteiger partial charge in [-0.3, -0.25) is 0 Å². The molecule has 5 heteroatoms. The van der Waals surface area contributed by atoms with E-state index in [1.807, 2.05) is 19.9 Å². The fourth-order valence-corrected chi connectivity index (χ4v) is 5.10. The predicted octanol–water partition coefficient (Wildman–Crippen LogP) is 6.32. The van der Waals surface area contributed by atoms with Crippen LogP contribution in [0.5, 0.6) is 11.5 Å². The number of unbranched alkanes of at least 4 members (excludes halogenated alkanes) is 2. The number of nitrogens with one attached hydrogen (secondary N) is 1. The number of amides is 2. The molecule has 3 atom stereocenters. The van der Waals surface area contributed by atoms with Gasteiger partial charge in [0.25, 0.3) is 0 Å². The van der Waals surface area contributed by atoms with Gasteiger partial charge in [0.05, 0.1) is 6.04 Å². The number of phenolic OH excluding ortho intramolecular Hbond substituents is 2. The second-order valence-electron chi connectivity index (χ2n) is 9.73. The van der Waals surface area contributed by atoms with E-state index in [0.29, 0.717) is 5.56 Å². The number of aryl methyl sites for hydroxylation is 1. The van der Waals surface area contributed by atoms with Crippen LogP contribution in [0.3, 0.4) is 0 Å². The number of nitrogens with zero attached hydrogens (tertiary/aromatic N) is 1. The van der Waals surface area contributed by atoms with Gasteiger partial charge >= 0.3 is 6.03 Å². The lowest BCUT2D eigenvalue weighted by Crippen LogP contribution is -2.48. The molecule has 0 spiro atoms. The fourth-order valence-electron chi connectivity index (χ4n) is 5.10. The summed E-state index contributed by atoms with van der Waals surface area (Å²) in [5.74, 6) is 0.305. The second kappa shape index (κ2) is 10.5. The molecule has 1 heterocycles. The lowest BCUT2D eigenvalue weighted by atomic mass is 9.73. The van der Waals surface area contributed by atoms with Crippen LogP contribution in [0.1, 0.15) is 94.9 Å². The van der Waals surface area contributed by atoms with Gasteiger partial charge in [-0.1, -0.05) is 43.6 Å². The van der Waals surface area contributed by atoms with Crippen molar-refractivity contribution in [3.05, 3.63) is 46.6 Å². The van der Waals surface area contributed by atoms with E-state index in [0.717, 1.165) is 74.7 Å². The molecule has 2 amide bonds. The molecule has 1 aliphatic carbocycles. The molecule has 3 N–H and O–H groups in total. The Morgan fingerprint density at radius 3 is 2.62 bits per heavy atom. The van der Waals surface area contributed by atoms with E-state index in [1.165, 1.54) is 5.57 Å². The summed E-state index contributed by atoms with van der Waals surface area (Å²) >= 11 is 0. The molecule has 1 aromatic rings. The van der Waals surface area contributed by atoms with E-state index in [1.54, 1.807) is 4.90 Å². The number of carbonyl (C=O) groups is 1. The Labute approximate surface area is 193 Å². The van der Waals surface area contributed by atoms with Gasteiger partial charge in [-0.05, 0) is 70.4 Å². The fraction of sp³-hybridized carbons (Fsp3) is 0.593. The molecule has 2 aliphatic rings. The lowest BCUT2D eigenvalue weighted by Gasteiger charge is -2.34. The average Bonchev–Trinajstić information content (AvgIpc) is 2.66. The van der Waals surface area contributed by atoms with Crippen molar-refractivity contribution in [3.63, 3.8) is 0 Å². The van der Waals surface area contributed by atoms with E-state index in [2.05, 4.69) is 31.8 Å². The maximum atomic E-state index is 12.6. The number of hydrogen-bond donors (Lipinski definition) is 3. The molecule has 1 saturated heterocycles. The van der Waals surface area contributed by atoms with Crippen LogP contribution in [0.15, 0.2) is 29.9 Å². The summed E-state index contributed by atoms with van der Waals surface area (Å²) in [7, 11) is 0. The molecule has 5 nitrogen and oxygen atoms in total. The zero-order valence-corrected chi connectivity index (χ0v) is 20.2. The summed E-state index contributed by atoms with van der Waals surface area (Å²) in [6, 6.07) is 1.38. The monoisotopic (exact) mass is 440 g/mol. The van der Waals surface area contributed by atoms with Crippen LogP contribution in [0, 0.1) is 5.92 Å². The number of rotatable bonds is 8. The van der Waals surface area contributed by atoms with Gasteiger partial charge in [0, 0.05) is 30.1 Å². The van der Waals surface area contributed by atoms with Crippen molar-refractivity contribution in [1.82, 2.24) is 10.2 Å². The van der Waals surface area contributed by atoms with Gasteiger partial charge in [-0.25, -0.2) is 4.79 Å². The van der Waals surface area contributed by atoms with Crippen LogP contribution in [-0.4, -0.2) is 34.2 Å². The molecule has 1 fully saturated rings. The lowest BCUT2D eigenvalue weighted by molar-refractivity contribution is 0.164. The van der Waals surface area contributed by atoms with Crippen molar-refractivity contribution in [2.45, 2.75) is 84.6 Å². The van der Waals surface area contributed by atoms with Gasteiger partial charge in [0.1, 0.15) is 11.5 Å². The molecule has 32 heavy (non-hydrogen) atoms. The first-order chi connectivity index (χ1) is 15.2. The van der Waals surface area contributed by atoms with Crippen molar-refractivity contribution < 1.29 is 15.0 Å². The minimum Gasteiger partial charge on any atom is -0.507 e. The number of benzene rings is 1. The van der Waals surface area contributed by atoms with Crippen molar-refractivity contribution in [1.29, 1.82) is 0 Å². The normalized spacial score (nSPS) is 21.5. The second-order valence-corrected chi connectivity index (χ2v) is 9.73. The number of urea groups is 1. The minimum absolute atomic E-state index is 0.0921. The molecule has 0 radical (unpaired) electrons. The van der Waals surface area contributed by atoms with Crippen LogP contribution in [0.25, 0.3) is 0 Å². The summed E-state index contributed by atoms with van der Waals surface area (Å²) in [5, 5.41) is 25.7. The third kappa shape index (κ3) is 5.13. The first-order valence-electron chi connectivity index (χ1n) is 12.2. The van der Waals surface area contributed by atoms with Crippen LogP contribution in [0.4, 0.5) is 4.79 Å². The highest BCUT2D eigenvalue weighted by Crippen LogP contribution is 2.49. The number of allylic oxidation sites excluding steroid dienone is 3. The topological polar surface area (TPSA) is 72.8 Å². The maximum absolute atomic E-state index is 12.6. The largest absolute Gasteiger partial charge is 0.507 e. The molecule has 0 saturated carbocycles. The Morgan fingerprint density at radius 2 is 2.03 bits per heavy atom. The molecule has 3 unspecified atom stereocenters. The standard InChI is InChI=1S/C27H40N2O3/c1-6-7-8-10-20-16-23(30)25(22-15-18(4)11-12-21(22)17(2)3)26(31)24(20)19(5)28-27(32)29-13-9-14-29/h15-16,19,21-22,30-31H,2,6-14H2,1,3-5H3,(H,28,32). The van der Waals surface area contributed by atoms with Gasteiger partial charge in [-0.2, -0.15) is 0 Å². The van der Waals surface area contributed by atoms with Crippen LogP contribution in [-0.2, 0) is 6.42 Å².